The Labute approximate surface area is 124 Å². The maximum absolute atomic E-state index is 12.5. The van der Waals surface area contributed by atoms with E-state index in [0.717, 1.165) is 35.7 Å². The predicted octanol–water partition coefficient (Wildman–Crippen LogP) is 2.13. The van der Waals surface area contributed by atoms with Gasteiger partial charge in [0.15, 0.2) is 5.11 Å². The van der Waals surface area contributed by atoms with Gasteiger partial charge in [-0.15, -0.1) is 0 Å². The summed E-state index contributed by atoms with van der Waals surface area (Å²) in [6.45, 7) is 5.84. The normalized spacial score (nSPS) is 20.9. The van der Waals surface area contributed by atoms with Crippen molar-refractivity contribution < 1.29 is 4.79 Å². The Morgan fingerprint density at radius 2 is 2.10 bits per heavy atom. The highest BCUT2D eigenvalue weighted by Gasteiger charge is 2.42. The summed E-state index contributed by atoms with van der Waals surface area (Å²) in [4.78, 5) is 16.5. The summed E-state index contributed by atoms with van der Waals surface area (Å²) < 4.78 is 0. The van der Waals surface area contributed by atoms with E-state index < -0.39 is 0 Å². The Morgan fingerprint density at radius 1 is 1.35 bits per heavy atom. The largest absolute Gasteiger partial charge is 0.360 e. The smallest absolute Gasteiger partial charge is 0.256 e. The number of rotatable bonds is 1. The molecule has 0 spiro atoms. The SMILES string of the molecule is CC(C)NC(=S)N1CCCN2C(=O)c3ccccc3[C@@H]21. The molecule has 1 N–H and O–H groups in total. The molecule has 20 heavy (non-hydrogen) atoms. The molecule has 2 heterocycles. The lowest BCUT2D eigenvalue weighted by Gasteiger charge is -2.42. The molecule has 0 saturated carbocycles. The van der Waals surface area contributed by atoms with Crippen LogP contribution >= 0.6 is 12.2 Å². The van der Waals surface area contributed by atoms with Crippen LogP contribution in [-0.4, -0.2) is 40.0 Å². The van der Waals surface area contributed by atoms with E-state index in [1.807, 2.05) is 29.2 Å². The number of thiocarbonyl (C=S) groups is 1. The van der Waals surface area contributed by atoms with Gasteiger partial charge in [-0.3, -0.25) is 4.79 Å². The van der Waals surface area contributed by atoms with E-state index >= 15 is 0 Å². The van der Waals surface area contributed by atoms with Gasteiger partial charge in [0.25, 0.3) is 5.91 Å². The van der Waals surface area contributed by atoms with E-state index in [-0.39, 0.29) is 12.1 Å². The van der Waals surface area contributed by atoms with E-state index in [2.05, 4.69) is 24.1 Å². The number of carbonyl (C=O) groups is 1. The predicted molar refractivity (Wildman–Crippen MR) is 82.4 cm³/mol. The lowest BCUT2D eigenvalue weighted by Crippen LogP contribution is -2.52. The van der Waals surface area contributed by atoms with Crippen LogP contribution in [0.25, 0.3) is 0 Å². The molecule has 1 saturated heterocycles. The highest BCUT2D eigenvalue weighted by Crippen LogP contribution is 2.38. The zero-order chi connectivity index (χ0) is 14.3. The molecule has 0 radical (unpaired) electrons. The third kappa shape index (κ3) is 2.06. The molecule has 1 aromatic carbocycles. The van der Waals surface area contributed by atoms with Gasteiger partial charge in [-0.25, -0.2) is 0 Å². The second kappa shape index (κ2) is 5.05. The van der Waals surface area contributed by atoms with Crippen LogP contribution in [0, 0.1) is 0 Å². The van der Waals surface area contributed by atoms with Crippen molar-refractivity contribution in [3.8, 4) is 0 Å². The van der Waals surface area contributed by atoms with Crippen LogP contribution in [0.2, 0.25) is 0 Å². The number of nitrogens with one attached hydrogen (secondary N) is 1. The molecule has 5 heteroatoms. The van der Waals surface area contributed by atoms with Crippen LogP contribution in [0.4, 0.5) is 0 Å². The second-order valence-electron chi connectivity index (χ2n) is 5.61. The van der Waals surface area contributed by atoms with Gasteiger partial charge >= 0.3 is 0 Å². The Kier molecular flexibility index (Phi) is 3.38. The zero-order valence-corrected chi connectivity index (χ0v) is 12.6. The molecule has 1 atom stereocenters. The number of hydrogen-bond acceptors (Lipinski definition) is 2. The Morgan fingerprint density at radius 3 is 2.85 bits per heavy atom. The summed E-state index contributed by atoms with van der Waals surface area (Å²) in [6, 6.07) is 8.15. The van der Waals surface area contributed by atoms with Crippen molar-refractivity contribution in [2.24, 2.45) is 0 Å². The van der Waals surface area contributed by atoms with Gasteiger partial charge in [-0.1, -0.05) is 18.2 Å². The van der Waals surface area contributed by atoms with Gasteiger partial charge < -0.3 is 15.1 Å². The van der Waals surface area contributed by atoms with Crippen molar-refractivity contribution >= 4 is 23.2 Å². The molecular formula is C15H19N3OS. The molecule has 0 bridgehead atoms. The molecule has 4 nitrogen and oxygen atoms in total. The van der Waals surface area contributed by atoms with Crippen molar-refractivity contribution in [3.63, 3.8) is 0 Å². The molecule has 1 amide bonds. The molecule has 1 aromatic rings. The summed E-state index contributed by atoms with van der Waals surface area (Å²) in [7, 11) is 0. The third-order valence-electron chi connectivity index (χ3n) is 3.79. The van der Waals surface area contributed by atoms with E-state index in [4.69, 9.17) is 12.2 Å². The van der Waals surface area contributed by atoms with Crippen LogP contribution in [0.15, 0.2) is 24.3 Å². The van der Waals surface area contributed by atoms with E-state index in [0.29, 0.717) is 6.04 Å². The maximum atomic E-state index is 12.5. The van der Waals surface area contributed by atoms with Crippen molar-refractivity contribution in [1.82, 2.24) is 15.1 Å². The Hall–Kier alpha value is -1.62. The third-order valence-corrected chi connectivity index (χ3v) is 4.14. The second-order valence-corrected chi connectivity index (χ2v) is 6.00. The van der Waals surface area contributed by atoms with Gasteiger partial charge in [0.2, 0.25) is 0 Å². The fraction of sp³-hybridized carbons (Fsp3) is 0.467. The maximum Gasteiger partial charge on any atom is 0.256 e. The minimum Gasteiger partial charge on any atom is -0.360 e. The van der Waals surface area contributed by atoms with E-state index in [9.17, 15) is 4.79 Å². The van der Waals surface area contributed by atoms with Gasteiger partial charge in [0.05, 0.1) is 0 Å². The first kappa shape index (κ1) is 13.4. The minimum atomic E-state index is -0.0359. The van der Waals surface area contributed by atoms with Gasteiger partial charge in [0.1, 0.15) is 6.17 Å². The first-order valence-electron chi connectivity index (χ1n) is 7.06. The summed E-state index contributed by atoms with van der Waals surface area (Å²) >= 11 is 5.52. The summed E-state index contributed by atoms with van der Waals surface area (Å²) in [5.74, 6) is 0.127. The average molecular weight is 289 g/mol. The number of hydrogen-bond donors (Lipinski definition) is 1. The Balaban J connectivity index is 1.95. The monoisotopic (exact) mass is 289 g/mol. The van der Waals surface area contributed by atoms with Crippen molar-refractivity contribution in [3.05, 3.63) is 35.4 Å². The lowest BCUT2D eigenvalue weighted by molar-refractivity contribution is 0.0429. The lowest BCUT2D eigenvalue weighted by atomic mass is 10.1. The highest BCUT2D eigenvalue weighted by atomic mass is 32.1. The standard InChI is InChI=1S/C15H19N3OS/c1-10(2)16-15(20)18-9-5-8-17-13(18)11-6-3-4-7-12(11)14(17)19/h3-4,6-7,10,13H,5,8-9H2,1-2H3,(H,16,20)/t13-/m0/s1. The number of benzene rings is 1. The molecular weight excluding hydrogens is 270 g/mol. The van der Waals surface area contributed by atoms with Crippen LogP contribution in [0.1, 0.15) is 42.4 Å². The first-order valence-corrected chi connectivity index (χ1v) is 7.47. The van der Waals surface area contributed by atoms with Crippen molar-refractivity contribution in [2.75, 3.05) is 13.1 Å². The van der Waals surface area contributed by atoms with Crippen LogP contribution < -0.4 is 5.32 Å². The fourth-order valence-corrected chi connectivity index (χ4v) is 3.41. The van der Waals surface area contributed by atoms with Crippen LogP contribution in [0.3, 0.4) is 0 Å². The van der Waals surface area contributed by atoms with E-state index in [1.54, 1.807) is 0 Å². The number of amides is 1. The average Bonchev–Trinajstić information content (AvgIpc) is 2.72. The molecule has 0 aromatic heterocycles. The summed E-state index contributed by atoms with van der Waals surface area (Å²) in [6.07, 6.45) is 0.919. The van der Waals surface area contributed by atoms with Gasteiger partial charge in [-0.2, -0.15) is 0 Å². The molecule has 0 aliphatic carbocycles. The van der Waals surface area contributed by atoms with E-state index in [1.165, 1.54) is 0 Å². The van der Waals surface area contributed by atoms with Crippen LogP contribution in [-0.2, 0) is 0 Å². The van der Waals surface area contributed by atoms with Crippen LogP contribution in [0.5, 0.6) is 0 Å². The number of carbonyl (C=O) groups excluding carboxylic acids is 1. The zero-order valence-electron chi connectivity index (χ0n) is 11.8. The number of fused-ring (bicyclic) bond motifs is 3. The highest BCUT2D eigenvalue weighted by molar-refractivity contribution is 7.80. The molecule has 2 aliphatic rings. The van der Waals surface area contributed by atoms with Gasteiger partial charge in [0, 0.05) is 30.3 Å². The number of nitrogens with zero attached hydrogens (tertiary/aromatic N) is 2. The molecule has 0 unspecified atom stereocenters. The minimum absolute atomic E-state index is 0.0359. The quantitative estimate of drug-likeness (QED) is 0.803. The molecule has 3 rings (SSSR count). The topological polar surface area (TPSA) is 35.6 Å². The van der Waals surface area contributed by atoms with Gasteiger partial charge in [-0.05, 0) is 38.6 Å². The van der Waals surface area contributed by atoms with Crippen molar-refractivity contribution in [2.45, 2.75) is 32.5 Å². The first-order chi connectivity index (χ1) is 9.59. The molecule has 2 aliphatic heterocycles. The summed E-state index contributed by atoms with van der Waals surface area (Å²) in [5, 5.41) is 4.03. The fourth-order valence-electron chi connectivity index (χ4n) is 2.99. The Bertz CT molecular complexity index is 558. The molecule has 1 fully saturated rings. The molecule has 106 valence electrons. The summed E-state index contributed by atoms with van der Waals surface area (Å²) in [5.41, 5.74) is 1.89. The van der Waals surface area contributed by atoms with Crippen molar-refractivity contribution in [1.29, 1.82) is 0 Å².